The second-order valence-corrected chi connectivity index (χ2v) is 7.22. The van der Waals surface area contributed by atoms with Crippen molar-refractivity contribution in [1.82, 2.24) is 20.1 Å². The summed E-state index contributed by atoms with van der Waals surface area (Å²) in [5.41, 5.74) is 0.838. The Labute approximate surface area is 170 Å². The highest BCUT2D eigenvalue weighted by atomic mass is 35.5. The summed E-state index contributed by atoms with van der Waals surface area (Å²) < 4.78 is 7.31. The number of amides is 1. The summed E-state index contributed by atoms with van der Waals surface area (Å²) in [4.78, 5) is 12.0. The summed E-state index contributed by atoms with van der Waals surface area (Å²) in [5, 5.41) is 12.6. The fourth-order valence-electron chi connectivity index (χ4n) is 2.22. The van der Waals surface area contributed by atoms with Gasteiger partial charge >= 0.3 is 0 Å². The molecule has 3 rings (SSSR count). The number of rotatable bonds is 8. The molecule has 0 saturated heterocycles. The van der Waals surface area contributed by atoms with Crippen molar-refractivity contribution in [2.24, 2.45) is 0 Å². The first-order chi connectivity index (χ1) is 13.1. The van der Waals surface area contributed by atoms with E-state index in [-0.39, 0.29) is 11.7 Å². The minimum Gasteiger partial charge on any atom is -0.492 e. The Morgan fingerprint density at radius 2 is 1.93 bits per heavy atom. The fraction of sp³-hybridized carbons (Fsp3) is 0.167. The van der Waals surface area contributed by atoms with Gasteiger partial charge in [-0.2, -0.15) is 0 Å². The number of ether oxygens (including phenoxy) is 1. The Bertz CT molecular complexity index is 920. The summed E-state index contributed by atoms with van der Waals surface area (Å²) in [6, 6.07) is 14.5. The molecule has 9 heteroatoms. The van der Waals surface area contributed by atoms with Crippen LogP contribution in [-0.4, -0.2) is 39.6 Å². The van der Waals surface area contributed by atoms with Gasteiger partial charge in [-0.15, -0.1) is 10.2 Å². The zero-order valence-corrected chi connectivity index (χ0v) is 16.5. The lowest BCUT2D eigenvalue weighted by molar-refractivity contribution is -0.118. The topological polar surface area (TPSA) is 69.0 Å². The molecule has 0 spiro atoms. The van der Waals surface area contributed by atoms with Crippen molar-refractivity contribution in [3.8, 4) is 11.4 Å². The molecule has 0 fully saturated rings. The second kappa shape index (κ2) is 9.64. The van der Waals surface area contributed by atoms with E-state index in [1.54, 1.807) is 29.1 Å². The first-order valence-electron chi connectivity index (χ1n) is 8.05. The summed E-state index contributed by atoms with van der Waals surface area (Å²) in [5.74, 6) is 0.771. The number of aromatic nitrogens is 3. The predicted octanol–water partition coefficient (Wildman–Crippen LogP) is 3.86. The van der Waals surface area contributed by atoms with Gasteiger partial charge < -0.3 is 10.1 Å². The zero-order valence-electron chi connectivity index (χ0n) is 14.1. The molecule has 0 radical (unpaired) electrons. The Kier molecular flexibility index (Phi) is 6.98. The third-order valence-electron chi connectivity index (χ3n) is 3.42. The molecule has 1 amide bonds. The monoisotopic (exact) mass is 422 g/mol. The molecule has 1 N–H and O–H groups in total. The number of nitrogens with zero attached hydrogens (tertiary/aromatic N) is 3. The molecule has 0 bridgehead atoms. The number of hydrogen-bond donors (Lipinski definition) is 1. The van der Waals surface area contributed by atoms with Crippen LogP contribution in [0.4, 0.5) is 0 Å². The highest BCUT2D eigenvalue weighted by Crippen LogP contribution is 2.21. The van der Waals surface area contributed by atoms with Gasteiger partial charge in [-0.05, 0) is 36.4 Å². The largest absolute Gasteiger partial charge is 0.492 e. The van der Waals surface area contributed by atoms with Crippen molar-refractivity contribution in [1.29, 1.82) is 0 Å². The van der Waals surface area contributed by atoms with Gasteiger partial charge in [0.05, 0.1) is 18.0 Å². The average molecular weight is 423 g/mol. The molecule has 0 aliphatic heterocycles. The van der Waals surface area contributed by atoms with Crippen molar-refractivity contribution >= 4 is 40.9 Å². The lowest BCUT2D eigenvalue weighted by Gasteiger charge is -2.08. The third kappa shape index (κ3) is 5.89. The third-order valence-corrected chi connectivity index (χ3v) is 4.84. The summed E-state index contributed by atoms with van der Waals surface area (Å²) >= 11 is 13.2. The van der Waals surface area contributed by atoms with Crippen LogP contribution in [0, 0.1) is 0 Å². The van der Waals surface area contributed by atoms with E-state index in [1.807, 2.05) is 30.3 Å². The molecule has 1 heterocycles. The standard InChI is InChI=1S/C18H16Cl2N4O2S/c19-13-3-1-5-15(9-13)24-12-22-23-18(24)27-11-17(25)21-7-8-26-16-6-2-4-14(20)10-16/h1-6,9-10,12H,7-8,11H2,(H,21,25). The maximum Gasteiger partial charge on any atom is 0.230 e. The van der Waals surface area contributed by atoms with Crippen LogP contribution in [0.5, 0.6) is 5.75 Å². The average Bonchev–Trinajstić information content (AvgIpc) is 3.12. The van der Waals surface area contributed by atoms with E-state index in [4.69, 9.17) is 27.9 Å². The van der Waals surface area contributed by atoms with Crippen LogP contribution in [-0.2, 0) is 4.79 Å². The van der Waals surface area contributed by atoms with E-state index in [9.17, 15) is 4.79 Å². The number of benzene rings is 2. The summed E-state index contributed by atoms with van der Waals surface area (Å²) in [7, 11) is 0. The molecule has 6 nitrogen and oxygen atoms in total. The Morgan fingerprint density at radius 3 is 2.70 bits per heavy atom. The first-order valence-corrected chi connectivity index (χ1v) is 9.80. The highest BCUT2D eigenvalue weighted by Gasteiger charge is 2.10. The van der Waals surface area contributed by atoms with Crippen LogP contribution in [0.3, 0.4) is 0 Å². The lowest BCUT2D eigenvalue weighted by atomic mass is 10.3. The Morgan fingerprint density at radius 1 is 1.15 bits per heavy atom. The van der Waals surface area contributed by atoms with Gasteiger partial charge in [0.1, 0.15) is 18.7 Å². The fourth-order valence-corrected chi connectivity index (χ4v) is 3.35. The van der Waals surface area contributed by atoms with Gasteiger partial charge in [-0.25, -0.2) is 0 Å². The van der Waals surface area contributed by atoms with Gasteiger partial charge in [0.2, 0.25) is 5.91 Å². The number of hydrogen-bond acceptors (Lipinski definition) is 5. The van der Waals surface area contributed by atoms with E-state index in [2.05, 4.69) is 15.5 Å². The van der Waals surface area contributed by atoms with Crippen LogP contribution in [0.2, 0.25) is 10.0 Å². The maximum absolute atomic E-state index is 12.0. The number of thioether (sulfide) groups is 1. The van der Waals surface area contributed by atoms with Crippen LogP contribution in [0.15, 0.2) is 60.0 Å². The number of carbonyl (C=O) groups is 1. The molecular weight excluding hydrogens is 407 g/mol. The van der Waals surface area contributed by atoms with Gasteiger partial charge in [-0.1, -0.05) is 47.1 Å². The molecule has 0 aliphatic rings. The molecule has 140 valence electrons. The molecular formula is C18H16Cl2N4O2S. The van der Waals surface area contributed by atoms with Gasteiger partial charge in [-0.3, -0.25) is 9.36 Å². The number of carbonyl (C=O) groups excluding carboxylic acids is 1. The summed E-state index contributed by atoms with van der Waals surface area (Å²) in [6.07, 6.45) is 1.59. The molecule has 0 atom stereocenters. The van der Waals surface area contributed by atoms with Gasteiger partial charge in [0, 0.05) is 10.0 Å². The van der Waals surface area contributed by atoms with Crippen molar-refractivity contribution < 1.29 is 9.53 Å². The van der Waals surface area contributed by atoms with Crippen molar-refractivity contribution in [3.63, 3.8) is 0 Å². The van der Waals surface area contributed by atoms with Crippen LogP contribution in [0.25, 0.3) is 5.69 Å². The molecule has 3 aromatic rings. The normalized spacial score (nSPS) is 10.6. The van der Waals surface area contributed by atoms with Crippen LogP contribution >= 0.6 is 35.0 Å². The van der Waals surface area contributed by atoms with Crippen molar-refractivity contribution in [2.45, 2.75) is 5.16 Å². The maximum atomic E-state index is 12.0. The zero-order chi connectivity index (χ0) is 19.1. The molecule has 2 aromatic carbocycles. The Balaban J connectivity index is 1.44. The molecule has 1 aromatic heterocycles. The molecule has 0 saturated carbocycles. The molecule has 27 heavy (non-hydrogen) atoms. The predicted molar refractivity (Wildman–Crippen MR) is 107 cm³/mol. The molecule has 0 unspecified atom stereocenters. The van der Waals surface area contributed by atoms with Gasteiger partial charge in [0.15, 0.2) is 5.16 Å². The van der Waals surface area contributed by atoms with E-state index >= 15 is 0 Å². The van der Waals surface area contributed by atoms with E-state index in [0.717, 1.165) is 5.69 Å². The van der Waals surface area contributed by atoms with E-state index in [1.165, 1.54) is 11.8 Å². The minimum atomic E-state index is -0.115. The van der Waals surface area contributed by atoms with Crippen LogP contribution in [0.1, 0.15) is 0 Å². The van der Waals surface area contributed by atoms with Gasteiger partial charge in [0.25, 0.3) is 0 Å². The van der Waals surface area contributed by atoms with Crippen molar-refractivity contribution in [2.75, 3.05) is 18.9 Å². The van der Waals surface area contributed by atoms with E-state index in [0.29, 0.717) is 34.1 Å². The Hall–Kier alpha value is -2.22. The molecule has 0 aliphatic carbocycles. The first kappa shape index (κ1) is 19.5. The highest BCUT2D eigenvalue weighted by molar-refractivity contribution is 7.99. The quantitative estimate of drug-likeness (QED) is 0.440. The minimum absolute atomic E-state index is 0.115. The second-order valence-electron chi connectivity index (χ2n) is 5.41. The SMILES string of the molecule is O=C(CSc1nncn1-c1cccc(Cl)c1)NCCOc1cccc(Cl)c1. The number of halogens is 2. The van der Waals surface area contributed by atoms with Crippen LogP contribution < -0.4 is 10.1 Å². The van der Waals surface area contributed by atoms with Crippen molar-refractivity contribution in [3.05, 3.63) is 64.9 Å². The number of nitrogens with one attached hydrogen (secondary N) is 1. The smallest absolute Gasteiger partial charge is 0.230 e. The summed E-state index contributed by atoms with van der Waals surface area (Å²) in [6.45, 7) is 0.752. The van der Waals surface area contributed by atoms with E-state index < -0.39 is 0 Å². The lowest BCUT2D eigenvalue weighted by Crippen LogP contribution is -2.29.